The molecular weight excluding hydrogens is 174 g/mol. The molecular formula is C12H23NO. The smallest absolute Gasteiger partial charge is 0.0612 e. The van der Waals surface area contributed by atoms with Gasteiger partial charge in [0.1, 0.15) is 0 Å². The summed E-state index contributed by atoms with van der Waals surface area (Å²) in [6, 6.07) is 0. The van der Waals surface area contributed by atoms with Crippen molar-refractivity contribution in [1.82, 2.24) is 5.32 Å². The van der Waals surface area contributed by atoms with E-state index in [1.807, 2.05) is 0 Å². The molecule has 2 aliphatic rings. The van der Waals surface area contributed by atoms with Crippen molar-refractivity contribution in [2.24, 2.45) is 16.7 Å². The van der Waals surface area contributed by atoms with Crippen molar-refractivity contribution >= 4 is 0 Å². The van der Waals surface area contributed by atoms with Crippen LogP contribution in [0.2, 0.25) is 0 Å². The van der Waals surface area contributed by atoms with Crippen LogP contribution in [0, 0.1) is 16.7 Å². The van der Waals surface area contributed by atoms with Crippen LogP contribution in [0.1, 0.15) is 40.0 Å². The van der Waals surface area contributed by atoms with E-state index in [2.05, 4.69) is 26.1 Å². The average Bonchev–Trinajstić information content (AvgIpc) is 2.42. The number of aliphatic hydroxyl groups excluding tert-OH is 1. The van der Waals surface area contributed by atoms with E-state index in [0.29, 0.717) is 11.3 Å². The first-order valence-electron chi connectivity index (χ1n) is 5.85. The molecule has 0 aromatic carbocycles. The summed E-state index contributed by atoms with van der Waals surface area (Å²) in [5, 5.41) is 13.7. The molecule has 2 heteroatoms. The Bertz CT molecular complexity index is 226. The molecule has 14 heavy (non-hydrogen) atoms. The SMILES string of the molecule is CC1CNCC12CC(C)(C)CCC2O. The second-order valence-electron chi connectivity index (χ2n) is 6.16. The van der Waals surface area contributed by atoms with Crippen LogP contribution in [-0.4, -0.2) is 24.3 Å². The Morgan fingerprint density at radius 2 is 2.07 bits per heavy atom. The largest absolute Gasteiger partial charge is 0.392 e. The Balaban J connectivity index is 2.22. The van der Waals surface area contributed by atoms with Crippen molar-refractivity contribution in [3.05, 3.63) is 0 Å². The van der Waals surface area contributed by atoms with E-state index >= 15 is 0 Å². The lowest BCUT2D eigenvalue weighted by atomic mass is 9.58. The van der Waals surface area contributed by atoms with Crippen molar-refractivity contribution in [1.29, 1.82) is 0 Å². The van der Waals surface area contributed by atoms with Gasteiger partial charge in [-0.2, -0.15) is 0 Å². The third-order valence-corrected chi connectivity index (χ3v) is 4.45. The zero-order valence-electron chi connectivity index (χ0n) is 9.64. The molecule has 2 rings (SSSR count). The van der Waals surface area contributed by atoms with Gasteiger partial charge in [-0.05, 0) is 37.1 Å². The minimum atomic E-state index is -0.0828. The maximum atomic E-state index is 10.2. The predicted octanol–water partition coefficient (Wildman–Crippen LogP) is 1.78. The predicted molar refractivity (Wildman–Crippen MR) is 58.1 cm³/mol. The highest BCUT2D eigenvalue weighted by molar-refractivity contribution is 5.03. The second kappa shape index (κ2) is 3.21. The highest BCUT2D eigenvalue weighted by Crippen LogP contribution is 2.51. The van der Waals surface area contributed by atoms with Gasteiger partial charge in [-0.15, -0.1) is 0 Å². The fraction of sp³-hybridized carbons (Fsp3) is 1.00. The van der Waals surface area contributed by atoms with Crippen molar-refractivity contribution in [3.8, 4) is 0 Å². The maximum absolute atomic E-state index is 10.2. The lowest BCUT2D eigenvalue weighted by Crippen LogP contribution is -2.48. The van der Waals surface area contributed by atoms with Gasteiger partial charge in [-0.1, -0.05) is 20.8 Å². The van der Waals surface area contributed by atoms with Crippen molar-refractivity contribution in [2.75, 3.05) is 13.1 Å². The van der Waals surface area contributed by atoms with E-state index in [9.17, 15) is 5.11 Å². The molecule has 82 valence electrons. The molecule has 1 aliphatic carbocycles. The molecule has 1 aliphatic heterocycles. The number of hydrogen-bond donors (Lipinski definition) is 2. The van der Waals surface area contributed by atoms with E-state index in [1.54, 1.807) is 0 Å². The van der Waals surface area contributed by atoms with E-state index < -0.39 is 0 Å². The van der Waals surface area contributed by atoms with Crippen molar-refractivity contribution in [3.63, 3.8) is 0 Å². The summed E-state index contributed by atoms with van der Waals surface area (Å²) in [6.07, 6.45) is 3.25. The second-order valence-corrected chi connectivity index (χ2v) is 6.16. The summed E-state index contributed by atoms with van der Waals surface area (Å²) in [7, 11) is 0. The number of hydrogen-bond acceptors (Lipinski definition) is 2. The van der Waals surface area contributed by atoms with Gasteiger partial charge in [0.15, 0.2) is 0 Å². The highest BCUT2D eigenvalue weighted by Gasteiger charge is 2.51. The summed E-state index contributed by atoms with van der Waals surface area (Å²) in [5.41, 5.74) is 0.585. The minimum Gasteiger partial charge on any atom is -0.392 e. The number of aliphatic hydroxyl groups is 1. The molecule has 1 spiro atoms. The first-order chi connectivity index (χ1) is 6.46. The lowest BCUT2D eigenvalue weighted by molar-refractivity contribution is -0.0636. The minimum absolute atomic E-state index is 0.0828. The molecule has 2 fully saturated rings. The van der Waals surface area contributed by atoms with E-state index in [4.69, 9.17) is 0 Å². The zero-order valence-corrected chi connectivity index (χ0v) is 9.64. The van der Waals surface area contributed by atoms with Crippen LogP contribution >= 0.6 is 0 Å². The van der Waals surface area contributed by atoms with Gasteiger partial charge in [0, 0.05) is 12.0 Å². The molecule has 1 heterocycles. The molecule has 2 nitrogen and oxygen atoms in total. The van der Waals surface area contributed by atoms with Crippen LogP contribution in [0.3, 0.4) is 0 Å². The molecule has 1 saturated carbocycles. The van der Waals surface area contributed by atoms with Gasteiger partial charge in [0.25, 0.3) is 0 Å². The summed E-state index contributed by atoms with van der Waals surface area (Å²) in [6.45, 7) is 9.05. The molecule has 1 saturated heterocycles. The maximum Gasteiger partial charge on any atom is 0.0612 e. The van der Waals surface area contributed by atoms with Gasteiger partial charge in [-0.3, -0.25) is 0 Å². The van der Waals surface area contributed by atoms with Crippen LogP contribution in [0.5, 0.6) is 0 Å². The molecule has 0 aromatic heterocycles. The first-order valence-corrected chi connectivity index (χ1v) is 5.85. The summed E-state index contributed by atoms with van der Waals surface area (Å²) in [5.74, 6) is 0.622. The third kappa shape index (κ3) is 1.49. The standard InChI is InChI=1S/C12H23NO/c1-9-6-13-8-12(9)7-11(2,3)5-4-10(12)14/h9-10,13-14H,4-8H2,1-3H3. The van der Waals surface area contributed by atoms with E-state index in [1.165, 1.54) is 12.8 Å². The zero-order chi connectivity index (χ0) is 10.4. The van der Waals surface area contributed by atoms with Gasteiger partial charge in [-0.25, -0.2) is 0 Å². The summed E-state index contributed by atoms with van der Waals surface area (Å²) in [4.78, 5) is 0. The topological polar surface area (TPSA) is 32.3 Å². The van der Waals surface area contributed by atoms with Crippen LogP contribution in [-0.2, 0) is 0 Å². The molecule has 2 N–H and O–H groups in total. The lowest BCUT2D eigenvalue weighted by Gasteiger charge is -2.48. The van der Waals surface area contributed by atoms with Crippen molar-refractivity contribution in [2.45, 2.75) is 46.1 Å². The third-order valence-electron chi connectivity index (χ3n) is 4.45. The fourth-order valence-corrected chi connectivity index (χ4v) is 3.49. The van der Waals surface area contributed by atoms with Gasteiger partial charge >= 0.3 is 0 Å². The Labute approximate surface area is 87.1 Å². The van der Waals surface area contributed by atoms with E-state index in [0.717, 1.165) is 19.5 Å². The fourth-order valence-electron chi connectivity index (χ4n) is 3.49. The summed E-state index contributed by atoms with van der Waals surface area (Å²) < 4.78 is 0. The average molecular weight is 197 g/mol. The molecule has 0 amide bonds. The van der Waals surface area contributed by atoms with Gasteiger partial charge in [0.2, 0.25) is 0 Å². The number of rotatable bonds is 0. The van der Waals surface area contributed by atoms with Crippen molar-refractivity contribution < 1.29 is 5.11 Å². The molecule has 3 atom stereocenters. The van der Waals surface area contributed by atoms with Gasteiger partial charge < -0.3 is 10.4 Å². The monoisotopic (exact) mass is 197 g/mol. The Hall–Kier alpha value is -0.0800. The van der Waals surface area contributed by atoms with Crippen LogP contribution in [0.25, 0.3) is 0 Å². The number of nitrogens with one attached hydrogen (secondary N) is 1. The Morgan fingerprint density at radius 1 is 1.36 bits per heavy atom. The molecule has 0 bridgehead atoms. The van der Waals surface area contributed by atoms with Crippen LogP contribution in [0.15, 0.2) is 0 Å². The first kappa shape index (κ1) is 10.4. The van der Waals surface area contributed by atoms with E-state index in [-0.39, 0.29) is 11.5 Å². The van der Waals surface area contributed by atoms with Crippen LogP contribution in [0.4, 0.5) is 0 Å². The Kier molecular flexibility index (Phi) is 2.39. The van der Waals surface area contributed by atoms with Crippen LogP contribution < -0.4 is 5.32 Å². The molecule has 0 aromatic rings. The highest BCUT2D eigenvalue weighted by atomic mass is 16.3. The molecule has 3 unspecified atom stereocenters. The summed E-state index contributed by atoms with van der Waals surface area (Å²) >= 11 is 0. The quantitative estimate of drug-likeness (QED) is 0.620. The normalized spacial score (nSPS) is 47.1. The molecule has 0 radical (unpaired) electrons. The Morgan fingerprint density at radius 3 is 2.64 bits per heavy atom. The van der Waals surface area contributed by atoms with Gasteiger partial charge in [0.05, 0.1) is 6.10 Å².